The van der Waals surface area contributed by atoms with Gasteiger partial charge in [0.1, 0.15) is 5.69 Å². The highest BCUT2D eigenvalue weighted by molar-refractivity contribution is 6.02. The number of aldehydes is 1. The molecule has 20 heavy (non-hydrogen) atoms. The van der Waals surface area contributed by atoms with E-state index in [9.17, 15) is 14.4 Å². The fourth-order valence-electron chi connectivity index (χ4n) is 2.49. The Kier molecular flexibility index (Phi) is 3.02. The first-order chi connectivity index (χ1) is 9.69. The first kappa shape index (κ1) is 12.5. The van der Waals surface area contributed by atoms with Crippen molar-refractivity contribution in [2.45, 2.75) is 18.8 Å². The van der Waals surface area contributed by atoms with Crippen LogP contribution in [0.3, 0.4) is 0 Å². The molecule has 1 N–H and O–H groups in total. The summed E-state index contributed by atoms with van der Waals surface area (Å²) in [5, 5.41) is 3.93. The van der Waals surface area contributed by atoms with Crippen molar-refractivity contribution in [3.05, 3.63) is 41.7 Å². The number of pyridine rings is 1. The molecule has 3 rings (SSSR count). The van der Waals surface area contributed by atoms with Crippen LogP contribution in [0.25, 0.3) is 10.8 Å². The second kappa shape index (κ2) is 4.85. The van der Waals surface area contributed by atoms with E-state index >= 15 is 0 Å². The lowest BCUT2D eigenvalue weighted by Gasteiger charge is -2.20. The molecule has 1 fully saturated rings. The lowest BCUT2D eigenvalue weighted by Crippen LogP contribution is -2.39. The van der Waals surface area contributed by atoms with Crippen molar-refractivity contribution in [2.75, 3.05) is 0 Å². The van der Waals surface area contributed by atoms with Crippen molar-refractivity contribution in [3.63, 3.8) is 0 Å². The summed E-state index contributed by atoms with van der Waals surface area (Å²) in [6.07, 6.45) is 1.41. The molecule has 5 heteroatoms. The van der Waals surface area contributed by atoms with E-state index in [0.717, 1.165) is 10.8 Å². The maximum Gasteiger partial charge on any atom is 0.235 e. The summed E-state index contributed by atoms with van der Waals surface area (Å²) in [4.78, 5) is 38.5. The molecule has 0 aliphatic carbocycles. The summed E-state index contributed by atoms with van der Waals surface area (Å²) in [6.45, 7) is 0. The smallest absolute Gasteiger partial charge is 0.235 e. The second-order valence-electron chi connectivity index (χ2n) is 4.78. The van der Waals surface area contributed by atoms with Crippen molar-refractivity contribution in [3.8, 4) is 0 Å². The number of imide groups is 1. The highest BCUT2D eigenvalue weighted by atomic mass is 16.2. The number of rotatable bonds is 2. The van der Waals surface area contributed by atoms with E-state index in [0.29, 0.717) is 30.5 Å². The Bertz CT molecular complexity index is 724. The van der Waals surface area contributed by atoms with Crippen molar-refractivity contribution in [1.29, 1.82) is 0 Å². The van der Waals surface area contributed by atoms with Gasteiger partial charge in [0.2, 0.25) is 11.8 Å². The highest BCUT2D eigenvalue weighted by Gasteiger charge is 2.29. The van der Waals surface area contributed by atoms with Gasteiger partial charge < -0.3 is 0 Å². The van der Waals surface area contributed by atoms with Crippen molar-refractivity contribution in [1.82, 2.24) is 10.3 Å². The number of carbonyl (C=O) groups is 3. The molecule has 0 bridgehead atoms. The molecule has 0 spiro atoms. The molecular formula is C15H12N2O3. The van der Waals surface area contributed by atoms with Crippen LogP contribution in [0.15, 0.2) is 30.3 Å². The number of aromatic nitrogens is 1. The molecule has 1 aromatic heterocycles. The Morgan fingerprint density at radius 1 is 1.25 bits per heavy atom. The molecular weight excluding hydrogens is 256 g/mol. The lowest BCUT2D eigenvalue weighted by atomic mass is 9.93. The number of fused-ring (bicyclic) bond motifs is 1. The van der Waals surface area contributed by atoms with Gasteiger partial charge in [-0.15, -0.1) is 0 Å². The largest absolute Gasteiger partial charge is 0.296 e. The Hall–Kier alpha value is -2.56. The van der Waals surface area contributed by atoms with Gasteiger partial charge in [0.25, 0.3) is 0 Å². The average Bonchev–Trinajstić information content (AvgIpc) is 2.46. The van der Waals surface area contributed by atoms with Crippen LogP contribution >= 0.6 is 0 Å². The summed E-state index contributed by atoms with van der Waals surface area (Å²) in [5.41, 5.74) is 0.860. The topological polar surface area (TPSA) is 76.1 Å². The van der Waals surface area contributed by atoms with Gasteiger partial charge in [-0.05, 0) is 17.9 Å². The van der Waals surface area contributed by atoms with Gasteiger partial charge in [-0.3, -0.25) is 19.7 Å². The van der Waals surface area contributed by atoms with Gasteiger partial charge in [0, 0.05) is 11.8 Å². The van der Waals surface area contributed by atoms with E-state index in [1.807, 2.05) is 30.3 Å². The first-order valence-corrected chi connectivity index (χ1v) is 6.37. The number of amides is 2. The molecule has 100 valence electrons. The zero-order valence-corrected chi connectivity index (χ0v) is 10.6. The van der Waals surface area contributed by atoms with Crippen molar-refractivity contribution < 1.29 is 14.4 Å². The SMILES string of the molecule is O=Cc1nc(C2CCC(=O)NC2=O)cc2ccccc12. The molecule has 1 unspecified atom stereocenters. The van der Waals surface area contributed by atoms with Gasteiger partial charge in [0.05, 0.1) is 11.6 Å². The van der Waals surface area contributed by atoms with Gasteiger partial charge in [-0.25, -0.2) is 4.98 Å². The molecule has 0 radical (unpaired) electrons. The summed E-state index contributed by atoms with van der Waals surface area (Å²) in [6, 6.07) is 9.20. The molecule has 1 aliphatic rings. The van der Waals surface area contributed by atoms with Crippen LogP contribution in [0.2, 0.25) is 0 Å². The average molecular weight is 268 g/mol. The number of carbonyl (C=O) groups excluding carboxylic acids is 3. The minimum atomic E-state index is -0.476. The van der Waals surface area contributed by atoms with E-state index in [2.05, 4.69) is 10.3 Å². The Balaban J connectivity index is 2.10. The van der Waals surface area contributed by atoms with Crippen LogP contribution in [-0.2, 0) is 9.59 Å². The predicted molar refractivity (Wildman–Crippen MR) is 72.3 cm³/mol. The molecule has 0 saturated carbocycles. The fraction of sp³-hybridized carbons (Fsp3) is 0.200. The molecule has 1 aromatic carbocycles. The minimum absolute atomic E-state index is 0.261. The van der Waals surface area contributed by atoms with Gasteiger partial charge in [-0.1, -0.05) is 24.3 Å². The Morgan fingerprint density at radius 3 is 2.80 bits per heavy atom. The number of benzene rings is 1. The van der Waals surface area contributed by atoms with Crippen LogP contribution in [0.1, 0.15) is 34.9 Å². The quantitative estimate of drug-likeness (QED) is 0.662. The third kappa shape index (κ3) is 2.07. The summed E-state index contributed by atoms with van der Waals surface area (Å²) in [5.74, 6) is -1.08. The van der Waals surface area contributed by atoms with Crippen LogP contribution in [0, 0.1) is 0 Å². The molecule has 1 aliphatic heterocycles. The molecule has 2 amide bonds. The lowest BCUT2D eigenvalue weighted by molar-refractivity contribution is -0.134. The highest BCUT2D eigenvalue weighted by Crippen LogP contribution is 2.27. The van der Waals surface area contributed by atoms with E-state index in [1.54, 1.807) is 0 Å². The van der Waals surface area contributed by atoms with Crippen LogP contribution in [0.5, 0.6) is 0 Å². The van der Waals surface area contributed by atoms with E-state index in [4.69, 9.17) is 0 Å². The molecule has 2 heterocycles. The predicted octanol–water partition coefficient (Wildman–Crippen LogP) is 1.57. The van der Waals surface area contributed by atoms with Gasteiger partial charge >= 0.3 is 0 Å². The van der Waals surface area contributed by atoms with Crippen molar-refractivity contribution >= 4 is 28.9 Å². The van der Waals surface area contributed by atoms with E-state index < -0.39 is 5.92 Å². The molecule has 2 aromatic rings. The second-order valence-corrected chi connectivity index (χ2v) is 4.78. The van der Waals surface area contributed by atoms with E-state index in [-0.39, 0.29) is 11.8 Å². The zero-order valence-electron chi connectivity index (χ0n) is 10.6. The Morgan fingerprint density at radius 2 is 2.05 bits per heavy atom. The minimum Gasteiger partial charge on any atom is -0.296 e. The number of nitrogens with one attached hydrogen (secondary N) is 1. The summed E-state index contributed by atoms with van der Waals surface area (Å²) < 4.78 is 0. The standard InChI is InChI=1S/C15H12N2O3/c18-8-13-10-4-2-1-3-9(10)7-12(16-13)11-5-6-14(19)17-15(11)20/h1-4,7-8,11H,5-6H2,(H,17,19,20). The maximum atomic E-state index is 11.9. The van der Waals surface area contributed by atoms with Crippen LogP contribution in [0.4, 0.5) is 0 Å². The monoisotopic (exact) mass is 268 g/mol. The van der Waals surface area contributed by atoms with Crippen LogP contribution in [-0.4, -0.2) is 23.1 Å². The summed E-state index contributed by atoms with van der Waals surface area (Å²) >= 11 is 0. The molecule has 1 saturated heterocycles. The van der Waals surface area contributed by atoms with E-state index in [1.165, 1.54) is 0 Å². The first-order valence-electron chi connectivity index (χ1n) is 6.37. The Labute approximate surface area is 115 Å². The molecule has 5 nitrogen and oxygen atoms in total. The summed E-state index contributed by atoms with van der Waals surface area (Å²) in [7, 11) is 0. The normalized spacial score (nSPS) is 18.9. The fourth-order valence-corrected chi connectivity index (χ4v) is 2.49. The zero-order chi connectivity index (χ0) is 14.1. The number of hydrogen-bond donors (Lipinski definition) is 1. The third-order valence-electron chi connectivity index (χ3n) is 3.50. The van der Waals surface area contributed by atoms with Gasteiger partial charge in [-0.2, -0.15) is 0 Å². The number of piperidine rings is 1. The molecule has 1 atom stereocenters. The number of hydrogen-bond acceptors (Lipinski definition) is 4. The van der Waals surface area contributed by atoms with Gasteiger partial charge in [0.15, 0.2) is 6.29 Å². The van der Waals surface area contributed by atoms with Crippen LogP contribution < -0.4 is 5.32 Å². The number of nitrogens with zero attached hydrogens (tertiary/aromatic N) is 1. The maximum absolute atomic E-state index is 11.9. The van der Waals surface area contributed by atoms with Crippen molar-refractivity contribution in [2.24, 2.45) is 0 Å². The third-order valence-corrected chi connectivity index (χ3v) is 3.50.